The van der Waals surface area contributed by atoms with Crippen LogP contribution < -0.4 is 5.73 Å². The lowest BCUT2D eigenvalue weighted by atomic mass is 9.81. The molecule has 1 rings (SSSR count). The summed E-state index contributed by atoms with van der Waals surface area (Å²) in [4.78, 5) is 0. The molecular weight excluding hydrogens is 242 g/mol. The Morgan fingerprint density at radius 3 is 2.20 bits per heavy atom. The molecule has 0 bridgehead atoms. The quantitative estimate of drug-likeness (QED) is 0.602. The lowest BCUT2D eigenvalue weighted by Crippen LogP contribution is -2.19. The van der Waals surface area contributed by atoms with E-state index in [0.29, 0.717) is 0 Å². The summed E-state index contributed by atoms with van der Waals surface area (Å²) in [6.07, 6.45) is 9.12. The Hall–Kier alpha value is -0.820. The Bertz CT molecular complexity index is 376. The van der Waals surface area contributed by atoms with Crippen LogP contribution in [0.3, 0.4) is 0 Å². The van der Waals surface area contributed by atoms with Gasteiger partial charge in [-0.05, 0) is 23.0 Å². The second-order valence-corrected chi connectivity index (χ2v) is 7.00. The number of benzene rings is 1. The molecule has 1 aromatic rings. The average molecular weight is 275 g/mol. The fourth-order valence-corrected chi connectivity index (χ4v) is 2.80. The van der Waals surface area contributed by atoms with Gasteiger partial charge in [0.2, 0.25) is 0 Å². The van der Waals surface area contributed by atoms with Crippen molar-refractivity contribution in [2.24, 2.45) is 5.73 Å². The molecule has 1 nitrogen and oxygen atoms in total. The first-order valence-electron chi connectivity index (χ1n) is 8.31. The molecule has 0 radical (unpaired) electrons. The van der Waals surface area contributed by atoms with Crippen molar-refractivity contribution in [3.05, 3.63) is 35.4 Å². The molecule has 0 saturated heterocycles. The minimum atomic E-state index is 0.176. The second kappa shape index (κ2) is 8.46. The van der Waals surface area contributed by atoms with E-state index in [-0.39, 0.29) is 11.5 Å². The summed E-state index contributed by atoms with van der Waals surface area (Å²) in [7, 11) is 0. The lowest BCUT2D eigenvalue weighted by Gasteiger charge is -2.25. The summed E-state index contributed by atoms with van der Waals surface area (Å²) in [5, 5.41) is 0. The maximum absolute atomic E-state index is 6.43. The number of rotatable bonds is 8. The third-order valence-electron chi connectivity index (χ3n) is 4.04. The van der Waals surface area contributed by atoms with Crippen LogP contribution in [0.2, 0.25) is 0 Å². The van der Waals surface area contributed by atoms with Crippen molar-refractivity contribution in [2.45, 2.75) is 84.1 Å². The van der Waals surface area contributed by atoms with Gasteiger partial charge in [-0.3, -0.25) is 0 Å². The predicted molar refractivity (Wildman–Crippen MR) is 90.1 cm³/mol. The average Bonchev–Trinajstić information content (AvgIpc) is 2.41. The number of hydrogen-bond donors (Lipinski definition) is 1. The van der Waals surface area contributed by atoms with Gasteiger partial charge in [-0.15, -0.1) is 0 Å². The van der Waals surface area contributed by atoms with Crippen molar-refractivity contribution in [2.75, 3.05) is 0 Å². The molecule has 0 saturated carbocycles. The highest BCUT2D eigenvalue weighted by Gasteiger charge is 2.20. The first kappa shape index (κ1) is 17.2. The van der Waals surface area contributed by atoms with Crippen molar-refractivity contribution < 1.29 is 0 Å². The molecule has 0 heterocycles. The van der Waals surface area contributed by atoms with Gasteiger partial charge in [0.15, 0.2) is 0 Å². The van der Waals surface area contributed by atoms with E-state index >= 15 is 0 Å². The molecule has 1 atom stereocenters. The summed E-state index contributed by atoms with van der Waals surface area (Å²) in [5.74, 6) is 0. The highest BCUT2D eigenvalue weighted by Crippen LogP contribution is 2.30. The maximum Gasteiger partial charge on any atom is 0.0297 e. The Morgan fingerprint density at radius 2 is 1.55 bits per heavy atom. The molecule has 1 aromatic carbocycles. The van der Waals surface area contributed by atoms with Gasteiger partial charge in [-0.1, -0.05) is 90.5 Å². The Balaban J connectivity index is 2.49. The Labute approximate surface area is 126 Å². The van der Waals surface area contributed by atoms with Crippen molar-refractivity contribution in [1.82, 2.24) is 0 Å². The van der Waals surface area contributed by atoms with E-state index in [2.05, 4.69) is 52.0 Å². The molecule has 0 aliphatic rings. The molecule has 1 heteroatoms. The predicted octanol–water partition coefficient (Wildman–Crippen LogP) is 5.73. The van der Waals surface area contributed by atoms with Crippen LogP contribution in [0.4, 0.5) is 0 Å². The summed E-state index contributed by atoms with van der Waals surface area (Å²) in [6.45, 7) is 9.06. The van der Waals surface area contributed by atoms with E-state index < -0.39 is 0 Å². The summed E-state index contributed by atoms with van der Waals surface area (Å²) in [6, 6.07) is 8.88. The molecule has 114 valence electrons. The van der Waals surface area contributed by atoms with Crippen LogP contribution >= 0.6 is 0 Å². The largest absolute Gasteiger partial charge is 0.324 e. The number of nitrogens with two attached hydrogens (primary N) is 1. The second-order valence-electron chi connectivity index (χ2n) is 7.00. The topological polar surface area (TPSA) is 26.0 Å². The van der Waals surface area contributed by atoms with Gasteiger partial charge < -0.3 is 5.73 Å². The highest BCUT2D eigenvalue weighted by atomic mass is 14.6. The van der Waals surface area contributed by atoms with Gasteiger partial charge in [0.25, 0.3) is 0 Å². The van der Waals surface area contributed by atoms with Crippen LogP contribution in [0.15, 0.2) is 24.3 Å². The zero-order valence-electron chi connectivity index (χ0n) is 13.9. The SMILES string of the molecule is CCCCCCCCC(N)c1ccccc1C(C)(C)C. The van der Waals surface area contributed by atoms with Crippen molar-refractivity contribution in [3.8, 4) is 0 Å². The molecule has 0 aliphatic carbocycles. The van der Waals surface area contributed by atoms with Gasteiger partial charge >= 0.3 is 0 Å². The number of unbranched alkanes of at least 4 members (excludes halogenated alkanes) is 5. The van der Waals surface area contributed by atoms with Crippen LogP contribution in [0, 0.1) is 0 Å². The van der Waals surface area contributed by atoms with Crippen molar-refractivity contribution in [1.29, 1.82) is 0 Å². The monoisotopic (exact) mass is 275 g/mol. The summed E-state index contributed by atoms with van der Waals surface area (Å²) >= 11 is 0. The molecule has 1 unspecified atom stereocenters. The zero-order valence-corrected chi connectivity index (χ0v) is 13.9. The molecule has 2 N–H and O–H groups in total. The molecule has 0 aliphatic heterocycles. The van der Waals surface area contributed by atoms with Crippen molar-refractivity contribution in [3.63, 3.8) is 0 Å². The van der Waals surface area contributed by atoms with Crippen LogP contribution in [-0.4, -0.2) is 0 Å². The van der Waals surface area contributed by atoms with Crippen LogP contribution in [0.5, 0.6) is 0 Å². The van der Waals surface area contributed by atoms with Crippen LogP contribution in [0.1, 0.15) is 89.8 Å². The van der Waals surface area contributed by atoms with Gasteiger partial charge in [0, 0.05) is 6.04 Å². The van der Waals surface area contributed by atoms with Crippen molar-refractivity contribution >= 4 is 0 Å². The van der Waals surface area contributed by atoms with E-state index in [1.165, 1.54) is 49.7 Å². The normalized spacial score (nSPS) is 13.4. The van der Waals surface area contributed by atoms with E-state index in [1.807, 2.05) is 0 Å². The first-order chi connectivity index (χ1) is 9.46. The molecule has 0 spiro atoms. The highest BCUT2D eigenvalue weighted by molar-refractivity contribution is 5.34. The lowest BCUT2D eigenvalue weighted by molar-refractivity contribution is 0.527. The molecule has 20 heavy (non-hydrogen) atoms. The van der Waals surface area contributed by atoms with E-state index in [1.54, 1.807) is 0 Å². The van der Waals surface area contributed by atoms with Gasteiger partial charge in [-0.2, -0.15) is 0 Å². The number of hydrogen-bond acceptors (Lipinski definition) is 1. The smallest absolute Gasteiger partial charge is 0.0297 e. The minimum absolute atomic E-state index is 0.176. The first-order valence-corrected chi connectivity index (χ1v) is 8.31. The maximum atomic E-state index is 6.43. The minimum Gasteiger partial charge on any atom is -0.324 e. The third kappa shape index (κ3) is 5.66. The van der Waals surface area contributed by atoms with Gasteiger partial charge in [0.1, 0.15) is 0 Å². The Kier molecular flexibility index (Phi) is 7.29. The Morgan fingerprint density at radius 1 is 0.950 bits per heavy atom. The van der Waals surface area contributed by atoms with E-state index in [9.17, 15) is 0 Å². The van der Waals surface area contributed by atoms with Crippen LogP contribution in [0.25, 0.3) is 0 Å². The molecular formula is C19H33N. The van der Waals surface area contributed by atoms with Crippen LogP contribution in [-0.2, 0) is 5.41 Å². The van der Waals surface area contributed by atoms with Gasteiger partial charge in [0.05, 0.1) is 0 Å². The van der Waals surface area contributed by atoms with E-state index in [0.717, 1.165) is 6.42 Å². The fraction of sp³-hybridized carbons (Fsp3) is 0.684. The summed E-state index contributed by atoms with van der Waals surface area (Å²) in [5.41, 5.74) is 9.35. The van der Waals surface area contributed by atoms with E-state index in [4.69, 9.17) is 5.73 Å². The molecule has 0 aromatic heterocycles. The molecule has 0 amide bonds. The standard InChI is InChI=1S/C19H33N/c1-5-6-7-8-9-10-15-18(20)16-13-11-12-14-17(16)19(2,3)4/h11-14,18H,5-10,15,20H2,1-4H3. The fourth-order valence-electron chi connectivity index (χ4n) is 2.80. The zero-order chi connectivity index (χ0) is 15.0. The third-order valence-corrected chi connectivity index (χ3v) is 4.04. The summed E-state index contributed by atoms with van der Waals surface area (Å²) < 4.78 is 0. The van der Waals surface area contributed by atoms with Gasteiger partial charge in [-0.25, -0.2) is 0 Å². The molecule has 0 fully saturated rings.